The van der Waals surface area contributed by atoms with Crippen molar-refractivity contribution < 1.29 is 9.59 Å². The van der Waals surface area contributed by atoms with E-state index >= 15 is 0 Å². The quantitative estimate of drug-likeness (QED) is 0.459. The van der Waals surface area contributed by atoms with Gasteiger partial charge in [-0.05, 0) is 31.0 Å². The Balaban J connectivity index is 2.98. The molecule has 0 amide bonds. The van der Waals surface area contributed by atoms with E-state index in [4.69, 9.17) is 5.73 Å². The first-order chi connectivity index (χ1) is 8.08. The summed E-state index contributed by atoms with van der Waals surface area (Å²) in [6.45, 7) is 3.62. The van der Waals surface area contributed by atoms with Gasteiger partial charge in [0.15, 0.2) is 6.29 Å². The van der Waals surface area contributed by atoms with Gasteiger partial charge in [0.2, 0.25) is 5.78 Å². The maximum Gasteiger partial charge on any atom is 0.243 e. The molecule has 0 fully saturated rings. The number of aldehydes is 1. The first-order valence-corrected chi connectivity index (χ1v) is 5.40. The lowest BCUT2D eigenvalue weighted by Gasteiger charge is -2.10. The summed E-state index contributed by atoms with van der Waals surface area (Å²) in [5, 5.41) is 2.88. The summed E-state index contributed by atoms with van der Waals surface area (Å²) < 4.78 is 0. The number of allylic oxidation sites excluding steroid dienone is 2. The summed E-state index contributed by atoms with van der Waals surface area (Å²) in [5.74, 6) is -0.646. The smallest absolute Gasteiger partial charge is 0.243 e. The van der Waals surface area contributed by atoms with Gasteiger partial charge < -0.3 is 11.1 Å². The Bertz CT molecular complexity index is 460. The van der Waals surface area contributed by atoms with Gasteiger partial charge in [0.1, 0.15) is 5.70 Å². The van der Waals surface area contributed by atoms with Crippen LogP contribution in [0.4, 0.5) is 5.69 Å². The topological polar surface area (TPSA) is 72.2 Å². The summed E-state index contributed by atoms with van der Waals surface area (Å²) >= 11 is 0. The molecule has 0 aromatic heterocycles. The molecule has 90 valence electrons. The van der Waals surface area contributed by atoms with Crippen LogP contribution in [0, 0.1) is 0 Å². The number of nitrogens with one attached hydrogen (secondary N) is 1. The molecule has 0 atom stereocenters. The number of carbonyl (C=O) groups excluding carboxylic acids is 2. The molecule has 0 heterocycles. The predicted molar refractivity (Wildman–Crippen MR) is 67.4 cm³/mol. The number of Topliss-reactive ketones (excluding diaryl/α,β-unsaturated/α-hetero) is 1. The summed E-state index contributed by atoms with van der Waals surface area (Å²) in [6, 6.07) is 7.61. The standard InChI is InChI=1S/C13H16N2O2/c1-3-10-5-4-6-11(7-10)15-13(9(2)14)12(17)8-16/h4-8,15H,3,14H2,1-2H3/b13-9-. The highest BCUT2D eigenvalue weighted by molar-refractivity contribution is 6.34. The minimum absolute atomic E-state index is 0.133. The summed E-state index contributed by atoms with van der Waals surface area (Å²) in [6.07, 6.45) is 1.15. The fraction of sp³-hybridized carbons (Fsp3) is 0.231. The van der Waals surface area contributed by atoms with E-state index in [1.807, 2.05) is 31.2 Å². The zero-order valence-corrected chi connectivity index (χ0v) is 9.99. The van der Waals surface area contributed by atoms with Crippen molar-refractivity contribution in [3.8, 4) is 0 Å². The predicted octanol–water partition coefficient (Wildman–Crippen LogP) is 1.62. The van der Waals surface area contributed by atoms with Crippen LogP contribution in [0.15, 0.2) is 35.7 Å². The second-order valence-corrected chi connectivity index (χ2v) is 3.72. The first-order valence-electron chi connectivity index (χ1n) is 5.40. The van der Waals surface area contributed by atoms with Crippen LogP contribution in [0.2, 0.25) is 0 Å². The molecule has 0 aliphatic rings. The molecule has 1 aromatic carbocycles. The second kappa shape index (κ2) is 5.84. The van der Waals surface area contributed by atoms with E-state index in [-0.39, 0.29) is 12.0 Å². The van der Waals surface area contributed by atoms with Crippen molar-refractivity contribution in [1.29, 1.82) is 0 Å². The lowest BCUT2D eigenvalue weighted by molar-refractivity contribution is -0.127. The Labute approximate surface area is 101 Å². The zero-order chi connectivity index (χ0) is 12.8. The molecule has 4 nitrogen and oxygen atoms in total. The van der Waals surface area contributed by atoms with E-state index in [1.54, 1.807) is 6.92 Å². The van der Waals surface area contributed by atoms with Crippen molar-refractivity contribution in [3.05, 3.63) is 41.2 Å². The lowest BCUT2D eigenvalue weighted by atomic mass is 10.1. The van der Waals surface area contributed by atoms with Gasteiger partial charge in [-0.3, -0.25) is 9.59 Å². The van der Waals surface area contributed by atoms with Crippen LogP contribution in [-0.4, -0.2) is 12.1 Å². The Hall–Kier alpha value is -2.10. The van der Waals surface area contributed by atoms with E-state index < -0.39 is 5.78 Å². The van der Waals surface area contributed by atoms with Gasteiger partial charge in [-0.1, -0.05) is 19.1 Å². The molecule has 17 heavy (non-hydrogen) atoms. The number of carbonyl (C=O) groups is 2. The molecule has 0 saturated heterocycles. The fourth-order valence-electron chi connectivity index (χ4n) is 1.43. The molecule has 0 aliphatic carbocycles. The van der Waals surface area contributed by atoms with Crippen LogP contribution in [0.5, 0.6) is 0 Å². The van der Waals surface area contributed by atoms with E-state index in [0.29, 0.717) is 5.70 Å². The Morgan fingerprint density at radius 3 is 2.71 bits per heavy atom. The number of nitrogens with two attached hydrogens (primary N) is 1. The van der Waals surface area contributed by atoms with Gasteiger partial charge in [0.25, 0.3) is 0 Å². The first kappa shape index (κ1) is 13.0. The highest BCUT2D eigenvalue weighted by Gasteiger charge is 2.10. The summed E-state index contributed by atoms with van der Waals surface area (Å²) in [4.78, 5) is 21.8. The van der Waals surface area contributed by atoms with E-state index in [9.17, 15) is 9.59 Å². The third kappa shape index (κ3) is 3.45. The van der Waals surface area contributed by atoms with Gasteiger partial charge in [0.05, 0.1) is 0 Å². The van der Waals surface area contributed by atoms with Crippen LogP contribution in [0.25, 0.3) is 0 Å². The molecule has 4 heteroatoms. The highest BCUT2D eigenvalue weighted by Crippen LogP contribution is 2.14. The molecule has 3 N–H and O–H groups in total. The molecule has 0 spiro atoms. The number of anilines is 1. The van der Waals surface area contributed by atoms with Crippen molar-refractivity contribution in [2.75, 3.05) is 5.32 Å². The van der Waals surface area contributed by atoms with Gasteiger partial charge in [-0.15, -0.1) is 0 Å². The van der Waals surface area contributed by atoms with Crippen LogP contribution < -0.4 is 11.1 Å². The molecule has 0 saturated carbocycles. The average molecular weight is 232 g/mol. The third-order valence-corrected chi connectivity index (χ3v) is 2.35. The van der Waals surface area contributed by atoms with Crippen molar-refractivity contribution >= 4 is 17.8 Å². The molecular formula is C13H16N2O2. The fourth-order valence-corrected chi connectivity index (χ4v) is 1.43. The Kier molecular flexibility index (Phi) is 4.46. The van der Waals surface area contributed by atoms with Crippen LogP contribution in [0.3, 0.4) is 0 Å². The molecular weight excluding hydrogens is 216 g/mol. The van der Waals surface area contributed by atoms with E-state index in [1.165, 1.54) is 0 Å². The van der Waals surface area contributed by atoms with Crippen molar-refractivity contribution in [3.63, 3.8) is 0 Å². The SMILES string of the molecule is CCc1cccc(N/C(C(=O)C=O)=C(/C)N)c1. The lowest BCUT2D eigenvalue weighted by Crippen LogP contribution is -2.17. The summed E-state index contributed by atoms with van der Waals surface area (Å²) in [5.41, 5.74) is 7.89. The number of ketones is 1. The van der Waals surface area contributed by atoms with Gasteiger partial charge in [-0.25, -0.2) is 0 Å². The molecule has 0 aliphatic heterocycles. The van der Waals surface area contributed by atoms with E-state index in [0.717, 1.165) is 17.7 Å². The minimum atomic E-state index is -0.646. The highest BCUT2D eigenvalue weighted by atomic mass is 16.2. The number of hydrogen-bond acceptors (Lipinski definition) is 4. The largest absolute Gasteiger partial charge is 0.400 e. The number of aryl methyl sites for hydroxylation is 1. The van der Waals surface area contributed by atoms with Crippen molar-refractivity contribution in [1.82, 2.24) is 0 Å². The summed E-state index contributed by atoms with van der Waals surface area (Å²) in [7, 11) is 0. The maximum absolute atomic E-state index is 11.3. The molecule has 0 bridgehead atoms. The van der Waals surface area contributed by atoms with E-state index in [2.05, 4.69) is 5.32 Å². The normalized spacial score (nSPS) is 11.6. The zero-order valence-electron chi connectivity index (χ0n) is 9.99. The monoisotopic (exact) mass is 232 g/mol. The number of rotatable bonds is 5. The molecule has 0 radical (unpaired) electrons. The minimum Gasteiger partial charge on any atom is -0.400 e. The molecule has 1 aromatic rings. The van der Waals surface area contributed by atoms with Crippen LogP contribution >= 0.6 is 0 Å². The van der Waals surface area contributed by atoms with Crippen LogP contribution in [0.1, 0.15) is 19.4 Å². The van der Waals surface area contributed by atoms with Crippen molar-refractivity contribution in [2.45, 2.75) is 20.3 Å². The van der Waals surface area contributed by atoms with Gasteiger partial charge >= 0.3 is 0 Å². The third-order valence-electron chi connectivity index (χ3n) is 2.35. The van der Waals surface area contributed by atoms with Crippen LogP contribution in [-0.2, 0) is 16.0 Å². The number of benzene rings is 1. The van der Waals surface area contributed by atoms with Gasteiger partial charge in [0, 0.05) is 11.4 Å². The Morgan fingerprint density at radius 1 is 1.47 bits per heavy atom. The average Bonchev–Trinajstić information content (AvgIpc) is 2.35. The van der Waals surface area contributed by atoms with Crippen molar-refractivity contribution in [2.24, 2.45) is 5.73 Å². The maximum atomic E-state index is 11.3. The molecule has 1 rings (SSSR count). The molecule has 0 unspecified atom stereocenters. The Morgan fingerprint density at radius 2 is 2.18 bits per heavy atom. The van der Waals surface area contributed by atoms with Gasteiger partial charge in [-0.2, -0.15) is 0 Å². The second-order valence-electron chi connectivity index (χ2n) is 3.72. The number of hydrogen-bond donors (Lipinski definition) is 2.